The van der Waals surface area contributed by atoms with E-state index in [4.69, 9.17) is 9.97 Å². The Hall–Kier alpha value is -1.75. The number of piperidine rings is 1. The second-order valence-electron chi connectivity index (χ2n) is 6.61. The third-order valence-electron chi connectivity index (χ3n) is 4.28. The van der Waals surface area contributed by atoms with E-state index in [2.05, 4.69) is 43.9 Å². The molecular weight excluding hydrogens is 274 g/mol. The van der Waals surface area contributed by atoms with Gasteiger partial charge >= 0.3 is 0 Å². The normalized spacial score (nSPS) is 19.8. The first-order valence-corrected chi connectivity index (χ1v) is 8.12. The van der Waals surface area contributed by atoms with Gasteiger partial charge in [0.2, 0.25) is 0 Å². The van der Waals surface area contributed by atoms with Crippen molar-refractivity contribution in [3.8, 4) is 11.4 Å². The van der Waals surface area contributed by atoms with Gasteiger partial charge in [-0.3, -0.25) is 4.68 Å². The number of hydrogen-bond donors (Lipinski definition) is 0. The van der Waals surface area contributed by atoms with Crippen molar-refractivity contribution in [1.82, 2.24) is 24.6 Å². The summed E-state index contributed by atoms with van der Waals surface area (Å²) in [5.41, 5.74) is 3.09. The van der Waals surface area contributed by atoms with Gasteiger partial charge in [-0.1, -0.05) is 0 Å². The Morgan fingerprint density at radius 2 is 2.09 bits per heavy atom. The van der Waals surface area contributed by atoms with Crippen LogP contribution in [0.1, 0.15) is 50.2 Å². The first-order chi connectivity index (χ1) is 10.5. The van der Waals surface area contributed by atoms with Crippen molar-refractivity contribution in [1.29, 1.82) is 0 Å². The molecule has 0 saturated carbocycles. The minimum atomic E-state index is 0.324. The van der Waals surface area contributed by atoms with Crippen LogP contribution in [0.2, 0.25) is 0 Å². The van der Waals surface area contributed by atoms with Gasteiger partial charge in [-0.05, 0) is 59.3 Å². The van der Waals surface area contributed by atoms with Crippen molar-refractivity contribution in [3.63, 3.8) is 0 Å². The van der Waals surface area contributed by atoms with Gasteiger partial charge in [0.05, 0.1) is 11.4 Å². The van der Waals surface area contributed by atoms with Crippen LogP contribution in [-0.4, -0.2) is 44.8 Å². The summed E-state index contributed by atoms with van der Waals surface area (Å²) in [6, 6.07) is 4.43. The summed E-state index contributed by atoms with van der Waals surface area (Å²) in [5.74, 6) is 1.42. The van der Waals surface area contributed by atoms with Crippen LogP contribution < -0.4 is 0 Å². The number of likely N-dealkylation sites (tertiary alicyclic amines) is 1. The minimum Gasteiger partial charge on any atom is -0.306 e. The predicted molar refractivity (Wildman–Crippen MR) is 87.8 cm³/mol. The fourth-order valence-corrected chi connectivity index (χ4v) is 3.21. The van der Waals surface area contributed by atoms with E-state index in [-0.39, 0.29) is 0 Å². The highest BCUT2D eigenvalue weighted by molar-refractivity contribution is 5.54. The fraction of sp³-hybridized carbons (Fsp3) is 0.588. The van der Waals surface area contributed by atoms with E-state index in [1.807, 2.05) is 16.9 Å². The van der Waals surface area contributed by atoms with Gasteiger partial charge in [-0.15, -0.1) is 0 Å². The van der Waals surface area contributed by atoms with Gasteiger partial charge in [0.1, 0.15) is 5.82 Å². The Kier molecular flexibility index (Phi) is 4.25. The summed E-state index contributed by atoms with van der Waals surface area (Å²) in [6.45, 7) is 8.56. The second kappa shape index (κ2) is 6.16. The van der Waals surface area contributed by atoms with Crippen LogP contribution in [-0.2, 0) is 0 Å². The molecule has 3 heterocycles. The Balaban J connectivity index is 1.97. The lowest BCUT2D eigenvalue weighted by atomic mass is 9.97. The van der Waals surface area contributed by atoms with Crippen molar-refractivity contribution < 1.29 is 0 Å². The number of aromatic nitrogens is 4. The number of aryl methyl sites for hydroxylation is 1. The van der Waals surface area contributed by atoms with E-state index in [0.717, 1.165) is 29.5 Å². The molecule has 1 saturated heterocycles. The van der Waals surface area contributed by atoms with Gasteiger partial charge in [-0.25, -0.2) is 9.97 Å². The maximum atomic E-state index is 4.88. The molecule has 3 rings (SSSR count). The van der Waals surface area contributed by atoms with E-state index < -0.39 is 0 Å². The smallest absolute Gasteiger partial charge is 0.133 e. The van der Waals surface area contributed by atoms with Crippen LogP contribution in [0.25, 0.3) is 11.4 Å². The molecule has 2 aromatic rings. The van der Waals surface area contributed by atoms with Gasteiger partial charge in [-0.2, -0.15) is 5.10 Å². The molecule has 0 aromatic carbocycles. The summed E-state index contributed by atoms with van der Waals surface area (Å²) in [7, 11) is 2.18. The molecule has 0 unspecified atom stereocenters. The number of likely N-dealkylation sites (N-methyl/N-ethyl adjacent to an activating group) is 1. The van der Waals surface area contributed by atoms with Gasteiger partial charge in [0, 0.05) is 30.4 Å². The third-order valence-corrected chi connectivity index (χ3v) is 4.28. The van der Waals surface area contributed by atoms with Crippen LogP contribution >= 0.6 is 0 Å². The first-order valence-electron chi connectivity index (χ1n) is 8.12. The lowest BCUT2D eigenvalue weighted by Crippen LogP contribution is -2.31. The van der Waals surface area contributed by atoms with E-state index in [9.17, 15) is 0 Å². The monoisotopic (exact) mass is 299 g/mol. The largest absolute Gasteiger partial charge is 0.306 e. The molecule has 118 valence electrons. The zero-order chi connectivity index (χ0) is 15.7. The predicted octanol–water partition coefficient (Wildman–Crippen LogP) is 3.04. The maximum Gasteiger partial charge on any atom is 0.133 e. The Labute approximate surface area is 132 Å². The van der Waals surface area contributed by atoms with Crippen LogP contribution in [0.5, 0.6) is 0 Å². The van der Waals surface area contributed by atoms with Gasteiger partial charge < -0.3 is 4.90 Å². The Morgan fingerprint density at radius 3 is 2.82 bits per heavy atom. The van der Waals surface area contributed by atoms with Crippen LogP contribution in [0.3, 0.4) is 0 Å². The molecule has 0 radical (unpaired) electrons. The molecule has 5 heteroatoms. The highest BCUT2D eigenvalue weighted by Crippen LogP contribution is 2.27. The molecule has 0 bridgehead atoms. The molecule has 0 amide bonds. The average molecular weight is 299 g/mol. The Morgan fingerprint density at radius 1 is 1.27 bits per heavy atom. The third kappa shape index (κ3) is 3.04. The molecule has 22 heavy (non-hydrogen) atoms. The zero-order valence-corrected chi connectivity index (χ0v) is 14.0. The fourth-order valence-electron chi connectivity index (χ4n) is 3.21. The zero-order valence-electron chi connectivity index (χ0n) is 14.0. The van der Waals surface area contributed by atoms with Crippen molar-refractivity contribution >= 4 is 0 Å². The molecule has 1 atom stereocenters. The number of nitrogens with zero attached hydrogens (tertiary/aromatic N) is 5. The molecule has 5 nitrogen and oxygen atoms in total. The molecule has 0 spiro atoms. The maximum absolute atomic E-state index is 4.88. The summed E-state index contributed by atoms with van der Waals surface area (Å²) >= 11 is 0. The molecule has 0 N–H and O–H groups in total. The van der Waals surface area contributed by atoms with Crippen molar-refractivity contribution in [2.45, 2.75) is 45.6 Å². The quantitative estimate of drug-likeness (QED) is 0.874. The van der Waals surface area contributed by atoms with E-state index in [1.165, 1.54) is 19.4 Å². The van der Waals surface area contributed by atoms with E-state index >= 15 is 0 Å². The van der Waals surface area contributed by atoms with Gasteiger partial charge in [0.15, 0.2) is 0 Å². The summed E-state index contributed by atoms with van der Waals surface area (Å²) < 4.78 is 2.03. The topological polar surface area (TPSA) is 46.8 Å². The molecule has 1 aliphatic rings. The SMILES string of the molecule is Cc1cc(-c2ccnn2C(C)C)nc([C@H]2CCCN(C)C2)n1. The molecule has 2 aromatic heterocycles. The number of rotatable bonds is 3. The average Bonchev–Trinajstić information content (AvgIpc) is 2.96. The summed E-state index contributed by atoms with van der Waals surface area (Å²) in [4.78, 5) is 12.0. The van der Waals surface area contributed by atoms with Crippen LogP contribution in [0.4, 0.5) is 0 Å². The number of hydrogen-bond acceptors (Lipinski definition) is 4. The Bertz CT molecular complexity index is 646. The highest BCUT2D eigenvalue weighted by Gasteiger charge is 2.22. The second-order valence-corrected chi connectivity index (χ2v) is 6.61. The molecule has 1 aliphatic heterocycles. The van der Waals surface area contributed by atoms with Crippen LogP contribution in [0.15, 0.2) is 18.3 Å². The molecule has 0 aliphatic carbocycles. The van der Waals surface area contributed by atoms with Crippen molar-refractivity contribution in [2.24, 2.45) is 0 Å². The van der Waals surface area contributed by atoms with Crippen molar-refractivity contribution in [2.75, 3.05) is 20.1 Å². The summed E-state index contributed by atoms with van der Waals surface area (Å²) in [5, 5.41) is 4.42. The summed E-state index contributed by atoms with van der Waals surface area (Å²) in [6.07, 6.45) is 4.25. The first kappa shape index (κ1) is 15.2. The minimum absolute atomic E-state index is 0.324. The van der Waals surface area contributed by atoms with Crippen LogP contribution in [0, 0.1) is 6.92 Å². The molecule has 1 fully saturated rings. The lowest BCUT2D eigenvalue weighted by molar-refractivity contribution is 0.246. The highest BCUT2D eigenvalue weighted by atomic mass is 15.3. The standard InChI is InChI=1S/C17H25N5/c1-12(2)22-16(7-8-18-22)15-10-13(3)19-17(20-15)14-6-5-9-21(4)11-14/h7-8,10,12,14H,5-6,9,11H2,1-4H3/t14-/m0/s1. The van der Waals surface area contributed by atoms with E-state index in [0.29, 0.717) is 12.0 Å². The van der Waals surface area contributed by atoms with Crippen molar-refractivity contribution in [3.05, 3.63) is 29.8 Å². The van der Waals surface area contributed by atoms with Gasteiger partial charge in [0.25, 0.3) is 0 Å². The molecular formula is C17H25N5. The lowest BCUT2D eigenvalue weighted by Gasteiger charge is -2.29. The van der Waals surface area contributed by atoms with E-state index in [1.54, 1.807) is 0 Å².